The molecule has 1 heterocycles. The molecule has 2 aliphatic rings. The maximum absolute atomic E-state index is 14.0. The summed E-state index contributed by atoms with van der Waals surface area (Å²) in [5.41, 5.74) is 4.20. The first-order valence-corrected chi connectivity index (χ1v) is 20.8. The van der Waals surface area contributed by atoms with Gasteiger partial charge in [0.25, 0.3) is 0 Å². The Hall–Kier alpha value is -4.77. The highest BCUT2D eigenvalue weighted by molar-refractivity contribution is 6.30. The van der Waals surface area contributed by atoms with Crippen molar-refractivity contribution in [1.82, 2.24) is 10.2 Å². The normalized spacial score (nSPS) is 18.6. The van der Waals surface area contributed by atoms with E-state index in [0.29, 0.717) is 28.4 Å². The number of nitrogens with zero attached hydrogens (tertiary/aromatic N) is 2. The number of amides is 3. The Labute approximate surface area is 348 Å². The number of ether oxygens (including phenoxy) is 4. The van der Waals surface area contributed by atoms with E-state index < -0.39 is 17.7 Å². The predicted octanol–water partition coefficient (Wildman–Crippen LogP) is 8.86. The smallest absolute Gasteiger partial charge is 0.408 e. The Kier molecular flexibility index (Phi) is 15.1. The summed E-state index contributed by atoms with van der Waals surface area (Å²) < 4.78 is 22.0. The number of carbonyl (C=O) groups is 4. The minimum absolute atomic E-state index is 0.00151. The minimum Gasteiger partial charge on any atom is -0.493 e. The van der Waals surface area contributed by atoms with E-state index >= 15 is 0 Å². The predicted molar refractivity (Wildman–Crippen MR) is 225 cm³/mol. The zero-order chi connectivity index (χ0) is 42.1. The lowest BCUT2D eigenvalue weighted by Gasteiger charge is -2.38. The van der Waals surface area contributed by atoms with Crippen LogP contribution in [0.5, 0.6) is 11.5 Å². The molecule has 58 heavy (non-hydrogen) atoms. The van der Waals surface area contributed by atoms with Gasteiger partial charge in [0.05, 0.1) is 32.8 Å². The molecule has 1 saturated carbocycles. The Morgan fingerprint density at radius 3 is 2.21 bits per heavy atom. The molecule has 0 aromatic heterocycles. The zero-order valence-corrected chi connectivity index (χ0v) is 36.0. The van der Waals surface area contributed by atoms with Gasteiger partial charge in [0.2, 0.25) is 11.8 Å². The largest absolute Gasteiger partial charge is 0.493 e. The van der Waals surface area contributed by atoms with E-state index in [4.69, 9.17) is 30.5 Å². The lowest BCUT2D eigenvalue weighted by molar-refractivity contribution is -0.148. The van der Waals surface area contributed by atoms with E-state index in [0.717, 1.165) is 67.3 Å². The van der Waals surface area contributed by atoms with Crippen molar-refractivity contribution in [3.05, 3.63) is 87.9 Å². The molecule has 2 atom stereocenters. The van der Waals surface area contributed by atoms with Crippen molar-refractivity contribution in [3.8, 4) is 11.5 Å². The van der Waals surface area contributed by atoms with E-state index in [1.165, 1.54) is 12.7 Å². The minimum atomic E-state index is -0.685. The number of alkyl carbamates (subject to hydrolysis) is 1. The summed E-state index contributed by atoms with van der Waals surface area (Å²) in [6.07, 6.45) is 5.99. The van der Waals surface area contributed by atoms with Crippen LogP contribution in [0.2, 0.25) is 5.02 Å². The highest BCUT2D eigenvalue weighted by Crippen LogP contribution is 2.44. The number of aryl methyl sites for hydroxylation is 1. The summed E-state index contributed by atoms with van der Waals surface area (Å²) in [5, 5.41) is 3.15. The van der Waals surface area contributed by atoms with Crippen LogP contribution in [0.15, 0.2) is 60.7 Å². The third kappa shape index (κ3) is 11.9. The third-order valence-corrected chi connectivity index (χ3v) is 11.2. The van der Waals surface area contributed by atoms with Gasteiger partial charge in [-0.25, -0.2) is 4.79 Å². The first-order valence-electron chi connectivity index (χ1n) is 20.4. The van der Waals surface area contributed by atoms with Crippen LogP contribution in [0.3, 0.4) is 0 Å². The van der Waals surface area contributed by atoms with Crippen LogP contribution < -0.4 is 19.7 Å². The number of hydrogen-bond donors (Lipinski definition) is 1. The van der Waals surface area contributed by atoms with Crippen molar-refractivity contribution < 1.29 is 38.1 Å². The summed E-state index contributed by atoms with van der Waals surface area (Å²) in [5.74, 6) is 1.43. The zero-order valence-electron chi connectivity index (χ0n) is 35.3. The van der Waals surface area contributed by atoms with Gasteiger partial charge in [-0.1, -0.05) is 42.8 Å². The molecule has 3 aromatic carbocycles. The average molecular weight is 818 g/mol. The molecule has 11 nitrogen and oxygen atoms in total. The van der Waals surface area contributed by atoms with Gasteiger partial charge in [-0.05, 0) is 150 Å². The molecule has 0 saturated heterocycles. The van der Waals surface area contributed by atoms with Gasteiger partial charge in [-0.2, -0.15) is 0 Å². The Balaban J connectivity index is 1.20. The molecule has 314 valence electrons. The van der Waals surface area contributed by atoms with Crippen LogP contribution in [0.25, 0.3) is 0 Å². The van der Waals surface area contributed by atoms with Crippen molar-refractivity contribution in [3.63, 3.8) is 0 Å². The molecule has 0 spiro atoms. The Morgan fingerprint density at radius 2 is 1.60 bits per heavy atom. The number of fused-ring (bicyclic) bond motifs is 1. The fourth-order valence-electron chi connectivity index (χ4n) is 8.13. The molecule has 1 aliphatic carbocycles. The highest BCUT2D eigenvalue weighted by Gasteiger charge is 2.36. The summed E-state index contributed by atoms with van der Waals surface area (Å²) in [4.78, 5) is 55.0. The molecule has 12 heteroatoms. The molecule has 1 aliphatic heterocycles. The number of hydrogen-bond acceptors (Lipinski definition) is 8. The third-order valence-electron chi connectivity index (χ3n) is 10.9. The molecule has 5 rings (SSSR count). The number of halogens is 1. The van der Waals surface area contributed by atoms with Crippen molar-refractivity contribution in [1.29, 1.82) is 0 Å². The second-order valence-electron chi connectivity index (χ2n) is 16.9. The van der Waals surface area contributed by atoms with Crippen molar-refractivity contribution in [2.75, 3.05) is 32.2 Å². The van der Waals surface area contributed by atoms with Gasteiger partial charge in [0, 0.05) is 16.8 Å². The maximum Gasteiger partial charge on any atom is 0.408 e. The van der Waals surface area contributed by atoms with Crippen LogP contribution in [0, 0.1) is 11.8 Å². The van der Waals surface area contributed by atoms with Gasteiger partial charge in [-0.3, -0.25) is 14.4 Å². The number of rotatable bonds is 15. The molecular formula is C46H60ClN3O8. The lowest BCUT2D eigenvalue weighted by Crippen LogP contribution is -2.49. The first kappa shape index (κ1) is 44.3. The van der Waals surface area contributed by atoms with E-state index in [-0.39, 0.29) is 49.5 Å². The Bertz CT molecular complexity index is 1880. The van der Waals surface area contributed by atoms with E-state index in [1.54, 1.807) is 32.8 Å². The number of carbonyl (C=O) groups excluding carboxylic acids is 4. The summed E-state index contributed by atoms with van der Waals surface area (Å²) >= 11 is 6.30. The van der Waals surface area contributed by atoms with Gasteiger partial charge in [0.1, 0.15) is 18.7 Å². The quantitative estimate of drug-likeness (QED) is 0.151. The number of benzene rings is 3. The molecule has 1 N–H and O–H groups in total. The van der Waals surface area contributed by atoms with Gasteiger partial charge in [-0.15, -0.1) is 0 Å². The number of methoxy groups -OCH3 is 2. The van der Waals surface area contributed by atoms with E-state index in [9.17, 15) is 19.2 Å². The van der Waals surface area contributed by atoms with Crippen LogP contribution in [-0.2, 0) is 36.7 Å². The standard InChI is InChI=1S/C46H60ClN3O8/c1-29(2)57-40-26-38-34(24-39(40)55-7)25-41(51)50(44(38)33-15-17-35(47)18-16-33)37-21-11-31(12-22-37)10-9-30(3)23-32-13-19-36(20-14-32)49(28-43(53)56-8)42(52)27-48-45(54)58-46(4,5)6/h11-12,15-18,21-22,24,26,29-30,32,36,44H,9-10,13-14,19-20,23,25,27-28H2,1-8H3,(H,48,54). The maximum atomic E-state index is 14.0. The summed E-state index contributed by atoms with van der Waals surface area (Å²) in [6.45, 7) is 11.1. The van der Waals surface area contributed by atoms with E-state index in [1.807, 2.05) is 67.3 Å². The van der Waals surface area contributed by atoms with Crippen LogP contribution in [0.1, 0.15) is 108 Å². The summed E-state index contributed by atoms with van der Waals surface area (Å²) in [6, 6.07) is 19.5. The SMILES string of the molecule is COC(=O)CN(C(=O)CNC(=O)OC(C)(C)C)C1CCC(CC(C)CCc2ccc(N3C(=O)Cc4cc(OC)c(OC(C)C)cc4C3c3ccc(Cl)cc3)cc2)CC1. The Morgan fingerprint density at radius 1 is 0.931 bits per heavy atom. The first-order chi connectivity index (χ1) is 27.5. The van der Waals surface area contributed by atoms with E-state index in [2.05, 4.69) is 24.4 Å². The van der Waals surface area contributed by atoms with Crippen molar-refractivity contribution in [2.45, 2.75) is 117 Å². The fraction of sp³-hybridized carbons (Fsp3) is 0.522. The molecule has 0 bridgehead atoms. The van der Waals surface area contributed by atoms with Crippen LogP contribution in [0.4, 0.5) is 10.5 Å². The molecule has 3 aromatic rings. The highest BCUT2D eigenvalue weighted by atomic mass is 35.5. The lowest BCUT2D eigenvalue weighted by atomic mass is 9.79. The van der Waals surface area contributed by atoms with Crippen molar-refractivity contribution >= 4 is 41.2 Å². The topological polar surface area (TPSA) is 124 Å². The second kappa shape index (κ2) is 19.8. The van der Waals surface area contributed by atoms with Crippen LogP contribution >= 0.6 is 11.6 Å². The molecular weight excluding hydrogens is 758 g/mol. The molecule has 0 radical (unpaired) electrons. The molecule has 2 unspecified atom stereocenters. The van der Waals surface area contributed by atoms with Crippen LogP contribution in [-0.4, -0.2) is 73.8 Å². The average Bonchev–Trinajstić information content (AvgIpc) is 3.17. The fourth-order valence-corrected chi connectivity index (χ4v) is 8.26. The van der Waals surface area contributed by atoms with Gasteiger partial charge in [0.15, 0.2) is 11.5 Å². The number of esters is 1. The number of anilines is 1. The molecule has 3 amide bonds. The van der Waals surface area contributed by atoms with Gasteiger partial charge < -0.3 is 34.1 Å². The monoisotopic (exact) mass is 817 g/mol. The van der Waals surface area contributed by atoms with Crippen molar-refractivity contribution in [2.24, 2.45) is 11.8 Å². The molecule has 1 fully saturated rings. The second-order valence-corrected chi connectivity index (χ2v) is 17.4. The van der Waals surface area contributed by atoms with Gasteiger partial charge >= 0.3 is 12.1 Å². The number of nitrogens with one attached hydrogen (secondary N) is 1. The summed E-state index contributed by atoms with van der Waals surface area (Å²) in [7, 11) is 2.92.